The number of rotatable bonds is 2. The lowest BCUT2D eigenvalue weighted by molar-refractivity contribution is 0.0649. The molecule has 0 unspecified atom stereocenters. The molecule has 3 aromatic rings. The minimum absolute atomic E-state index is 0.0501. The topological polar surface area (TPSA) is 49.4 Å². The molecule has 0 fully saturated rings. The van der Waals surface area contributed by atoms with Gasteiger partial charge in [0.25, 0.3) is 11.8 Å². The van der Waals surface area contributed by atoms with Gasteiger partial charge < -0.3 is 5.32 Å². The molecule has 5 rings (SSSR count). The third kappa shape index (κ3) is 2.09. The number of imide groups is 1. The van der Waals surface area contributed by atoms with Crippen molar-refractivity contribution >= 4 is 23.2 Å². The van der Waals surface area contributed by atoms with E-state index >= 15 is 0 Å². The summed E-state index contributed by atoms with van der Waals surface area (Å²) in [5, 5.41) is 3.45. The van der Waals surface area contributed by atoms with Crippen molar-refractivity contribution < 1.29 is 9.59 Å². The van der Waals surface area contributed by atoms with Gasteiger partial charge in [-0.15, -0.1) is 0 Å². The number of para-hydroxylation sites is 2. The highest BCUT2D eigenvalue weighted by atomic mass is 16.2. The van der Waals surface area contributed by atoms with Gasteiger partial charge in [-0.1, -0.05) is 48.5 Å². The summed E-state index contributed by atoms with van der Waals surface area (Å²) in [6, 6.07) is 23.2. The van der Waals surface area contributed by atoms with Crippen molar-refractivity contribution in [1.82, 2.24) is 4.90 Å². The fourth-order valence-electron chi connectivity index (χ4n) is 3.93. The molecule has 2 aliphatic rings. The van der Waals surface area contributed by atoms with E-state index in [-0.39, 0.29) is 17.7 Å². The zero-order chi connectivity index (χ0) is 17.7. The van der Waals surface area contributed by atoms with Gasteiger partial charge in [0.2, 0.25) is 0 Å². The second kappa shape index (κ2) is 5.56. The quantitative estimate of drug-likeness (QED) is 0.712. The first-order valence-electron chi connectivity index (χ1n) is 8.64. The Morgan fingerprint density at radius 2 is 1.15 bits per heavy atom. The van der Waals surface area contributed by atoms with Gasteiger partial charge in [-0.05, 0) is 35.4 Å². The number of carbonyl (C=O) groups excluding carboxylic acids is 2. The summed E-state index contributed by atoms with van der Waals surface area (Å²) >= 11 is 0. The molecule has 2 aliphatic heterocycles. The van der Waals surface area contributed by atoms with Crippen LogP contribution in [0.5, 0.6) is 0 Å². The Kier molecular flexibility index (Phi) is 3.19. The fourth-order valence-corrected chi connectivity index (χ4v) is 3.93. The first-order valence-corrected chi connectivity index (χ1v) is 8.64. The normalized spacial score (nSPS) is 15.3. The summed E-state index contributed by atoms with van der Waals surface area (Å²) in [4.78, 5) is 27.0. The maximum atomic E-state index is 12.8. The van der Waals surface area contributed by atoms with Gasteiger partial charge in [0.1, 0.15) is 0 Å². The summed E-state index contributed by atoms with van der Waals surface area (Å²) in [7, 11) is 0. The van der Waals surface area contributed by atoms with Gasteiger partial charge >= 0.3 is 0 Å². The highest BCUT2D eigenvalue weighted by Crippen LogP contribution is 2.42. The number of anilines is 2. The van der Waals surface area contributed by atoms with Crippen molar-refractivity contribution in [2.45, 2.75) is 5.92 Å². The lowest BCUT2D eigenvalue weighted by Crippen LogP contribution is -2.35. The number of nitrogens with one attached hydrogen (secondary N) is 1. The fraction of sp³-hybridized carbons (Fsp3) is 0.0909. The highest BCUT2D eigenvalue weighted by molar-refractivity contribution is 6.21. The Labute approximate surface area is 151 Å². The summed E-state index contributed by atoms with van der Waals surface area (Å²) in [5.74, 6) is -0.468. The molecule has 2 heterocycles. The number of amides is 2. The van der Waals surface area contributed by atoms with Gasteiger partial charge in [0.05, 0.1) is 11.1 Å². The van der Waals surface area contributed by atoms with Crippen LogP contribution in [0, 0.1) is 0 Å². The molecule has 4 nitrogen and oxygen atoms in total. The van der Waals surface area contributed by atoms with Crippen molar-refractivity contribution in [3.63, 3.8) is 0 Å². The smallest absolute Gasteiger partial charge is 0.261 e. The molecule has 0 saturated heterocycles. The molecule has 0 bridgehead atoms. The lowest BCUT2D eigenvalue weighted by Gasteiger charge is -2.31. The van der Waals surface area contributed by atoms with Gasteiger partial charge in [-0.25, -0.2) is 0 Å². The van der Waals surface area contributed by atoms with Crippen LogP contribution in [0.25, 0.3) is 0 Å². The molecule has 0 radical (unpaired) electrons. The highest BCUT2D eigenvalue weighted by Gasteiger charge is 2.38. The molecule has 126 valence electrons. The summed E-state index contributed by atoms with van der Waals surface area (Å²) < 4.78 is 0. The van der Waals surface area contributed by atoms with Crippen LogP contribution in [-0.4, -0.2) is 23.3 Å². The molecular formula is C22H16N2O2. The molecule has 0 aromatic heterocycles. The van der Waals surface area contributed by atoms with Crippen molar-refractivity contribution in [2.75, 3.05) is 11.9 Å². The Morgan fingerprint density at radius 3 is 1.69 bits per heavy atom. The van der Waals surface area contributed by atoms with Crippen LogP contribution in [0.1, 0.15) is 37.8 Å². The third-order valence-corrected chi connectivity index (χ3v) is 5.19. The number of nitrogens with zero attached hydrogens (tertiary/aromatic N) is 1. The van der Waals surface area contributed by atoms with E-state index in [9.17, 15) is 9.59 Å². The number of fused-ring (bicyclic) bond motifs is 3. The molecule has 3 aromatic carbocycles. The minimum Gasteiger partial charge on any atom is -0.355 e. The van der Waals surface area contributed by atoms with E-state index in [2.05, 4.69) is 17.4 Å². The Morgan fingerprint density at radius 1 is 0.692 bits per heavy atom. The van der Waals surface area contributed by atoms with Gasteiger partial charge in [-0.2, -0.15) is 0 Å². The molecule has 0 spiro atoms. The second-order valence-electron chi connectivity index (χ2n) is 6.62. The lowest BCUT2D eigenvalue weighted by atomic mass is 9.85. The number of benzene rings is 3. The molecule has 0 atom stereocenters. The number of hydrogen-bond donors (Lipinski definition) is 1. The standard InChI is InChI=1S/C22H16N2O2/c25-21-16-9-1-2-10-17(16)22(26)24(21)13-18-14-7-3-5-11-19(14)23-20-12-6-4-8-15(18)20/h1-12,18,23H,13H2. The van der Waals surface area contributed by atoms with Crippen molar-refractivity contribution in [3.8, 4) is 0 Å². The molecule has 0 saturated carbocycles. The van der Waals surface area contributed by atoms with Crippen LogP contribution in [0.15, 0.2) is 72.8 Å². The zero-order valence-electron chi connectivity index (χ0n) is 14.0. The summed E-state index contributed by atoms with van der Waals surface area (Å²) in [6.07, 6.45) is 0. The van der Waals surface area contributed by atoms with E-state index in [1.807, 2.05) is 36.4 Å². The molecule has 0 aliphatic carbocycles. The Hall–Kier alpha value is -3.40. The third-order valence-electron chi connectivity index (χ3n) is 5.19. The first kappa shape index (κ1) is 14.9. The number of carbonyl (C=O) groups is 2. The predicted molar refractivity (Wildman–Crippen MR) is 99.8 cm³/mol. The van der Waals surface area contributed by atoms with Crippen molar-refractivity contribution in [1.29, 1.82) is 0 Å². The van der Waals surface area contributed by atoms with Crippen molar-refractivity contribution in [2.24, 2.45) is 0 Å². The van der Waals surface area contributed by atoms with E-state index in [0.717, 1.165) is 22.5 Å². The van der Waals surface area contributed by atoms with Gasteiger partial charge in [-0.3, -0.25) is 14.5 Å². The number of hydrogen-bond acceptors (Lipinski definition) is 3. The van der Waals surface area contributed by atoms with Crippen LogP contribution < -0.4 is 5.32 Å². The van der Waals surface area contributed by atoms with E-state index in [1.54, 1.807) is 24.3 Å². The van der Waals surface area contributed by atoms with E-state index in [4.69, 9.17) is 0 Å². The monoisotopic (exact) mass is 340 g/mol. The largest absolute Gasteiger partial charge is 0.355 e. The average Bonchev–Trinajstić information content (AvgIpc) is 2.93. The molecule has 1 N–H and O–H groups in total. The van der Waals surface area contributed by atoms with Crippen LogP contribution in [0.2, 0.25) is 0 Å². The molecule has 2 amide bonds. The SMILES string of the molecule is O=C1c2ccccc2C(=O)N1CC1c2ccccc2Nc2ccccc21. The van der Waals surface area contributed by atoms with Crippen LogP contribution >= 0.6 is 0 Å². The predicted octanol–water partition coefficient (Wildman–Crippen LogP) is 4.17. The van der Waals surface area contributed by atoms with Crippen LogP contribution in [0.4, 0.5) is 11.4 Å². The zero-order valence-corrected chi connectivity index (χ0v) is 14.0. The molecule has 4 heteroatoms. The van der Waals surface area contributed by atoms with Crippen LogP contribution in [0.3, 0.4) is 0 Å². The molecular weight excluding hydrogens is 324 g/mol. The van der Waals surface area contributed by atoms with Gasteiger partial charge in [0.15, 0.2) is 0 Å². The van der Waals surface area contributed by atoms with Crippen molar-refractivity contribution in [3.05, 3.63) is 95.1 Å². The Bertz CT molecular complexity index is 977. The maximum Gasteiger partial charge on any atom is 0.261 e. The summed E-state index contributed by atoms with van der Waals surface area (Å²) in [5.41, 5.74) is 5.23. The Balaban J connectivity index is 1.58. The minimum atomic E-state index is -0.209. The van der Waals surface area contributed by atoms with E-state index < -0.39 is 0 Å². The maximum absolute atomic E-state index is 12.8. The van der Waals surface area contributed by atoms with E-state index in [1.165, 1.54) is 4.90 Å². The first-order chi connectivity index (χ1) is 12.7. The molecule has 26 heavy (non-hydrogen) atoms. The van der Waals surface area contributed by atoms with Gasteiger partial charge in [0, 0.05) is 23.8 Å². The second-order valence-corrected chi connectivity index (χ2v) is 6.62. The van der Waals surface area contributed by atoms with Crippen LogP contribution in [-0.2, 0) is 0 Å². The average molecular weight is 340 g/mol. The summed E-state index contributed by atoms with van der Waals surface area (Å²) in [6.45, 7) is 0.335. The van der Waals surface area contributed by atoms with E-state index in [0.29, 0.717) is 17.7 Å².